The number of hydrogen-bond donors (Lipinski definition) is 0. The molecule has 0 saturated heterocycles. The predicted octanol–water partition coefficient (Wildman–Crippen LogP) is 2.89. The van der Waals surface area contributed by atoms with Crippen LogP contribution in [-0.4, -0.2) is 34.7 Å². The summed E-state index contributed by atoms with van der Waals surface area (Å²) in [6, 6.07) is 12.0. The highest BCUT2D eigenvalue weighted by molar-refractivity contribution is 5.85. The summed E-state index contributed by atoms with van der Waals surface area (Å²) < 4.78 is 1.93. The lowest BCUT2D eigenvalue weighted by atomic mass is 10.1. The van der Waals surface area contributed by atoms with Gasteiger partial charge in [-0.25, -0.2) is 9.98 Å². The third-order valence-corrected chi connectivity index (χ3v) is 3.29. The van der Waals surface area contributed by atoms with Gasteiger partial charge in [-0.05, 0) is 30.7 Å². The molecule has 0 aliphatic rings. The van der Waals surface area contributed by atoms with Crippen molar-refractivity contribution in [2.45, 2.75) is 6.92 Å². The van der Waals surface area contributed by atoms with Crippen molar-refractivity contribution in [3.8, 4) is 6.07 Å². The van der Waals surface area contributed by atoms with Crippen molar-refractivity contribution in [3.05, 3.63) is 41.5 Å². The Hall–Kier alpha value is -2.87. The molecule has 0 radical (unpaired) electrons. The Morgan fingerprint density at radius 1 is 1.33 bits per heavy atom. The van der Waals surface area contributed by atoms with Crippen LogP contribution in [0.3, 0.4) is 0 Å². The van der Waals surface area contributed by atoms with Crippen molar-refractivity contribution in [1.29, 1.82) is 5.26 Å². The van der Waals surface area contributed by atoms with Gasteiger partial charge in [0.05, 0.1) is 22.9 Å². The summed E-state index contributed by atoms with van der Waals surface area (Å²) in [5.41, 5.74) is 3.95. The number of pyridine rings is 1. The Balaban J connectivity index is 2.45. The van der Waals surface area contributed by atoms with E-state index in [1.807, 2.05) is 60.7 Å². The molecular formula is C16H15N5. The second kappa shape index (κ2) is 4.91. The number of fused-ring (bicyclic) bond motifs is 3. The minimum atomic E-state index is 0.593. The number of nitriles is 1. The quantitative estimate of drug-likeness (QED) is 0.534. The van der Waals surface area contributed by atoms with E-state index in [0.29, 0.717) is 11.2 Å². The topological polar surface area (TPSA) is 56.7 Å². The highest BCUT2D eigenvalue weighted by Gasteiger charge is 2.14. The van der Waals surface area contributed by atoms with Crippen LogP contribution in [0, 0.1) is 18.3 Å². The van der Waals surface area contributed by atoms with E-state index in [2.05, 4.69) is 16.0 Å². The van der Waals surface area contributed by atoms with Gasteiger partial charge in [-0.1, -0.05) is 12.1 Å². The maximum atomic E-state index is 9.40. The molecule has 0 bridgehead atoms. The van der Waals surface area contributed by atoms with E-state index in [9.17, 15) is 5.26 Å². The van der Waals surface area contributed by atoms with Crippen molar-refractivity contribution >= 4 is 28.8 Å². The zero-order valence-corrected chi connectivity index (χ0v) is 12.2. The molecule has 3 aromatic rings. The Bertz CT molecular complexity index is 896. The van der Waals surface area contributed by atoms with Crippen LogP contribution in [0.1, 0.15) is 11.1 Å². The first-order valence-corrected chi connectivity index (χ1v) is 6.63. The summed E-state index contributed by atoms with van der Waals surface area (Å²) in [6.07, 6.45) is 1.75. The number of nitrogens with zero attached hydrogens (tertiary/aromatic N) is 5. The summed E-state index contributed by atoms with van der Waals surface area (Å²) >= 11 is 0. The summed E-state index contributed by atoms with van der Waals surface area (Å²) in [4.78, 5) is 11.0. The van der Waals surface area contributed by atoms with Crippen LogP contribution < -0.4 is 0 Å². The van der Waals surface area contributed by atoms with Gasteiger partial charge in [0.2, 0.25) is 0 Å². The first kappa shape index (κ1) is 13.1. The molecule has 21 heavy (non-hydrogen) atoms. The number of hydrogen-bond acceptors (Lipinski definition) is 3. The molecule has 3 rings (SSSR count). The Kier molecular flexibility index (Phi) is 3.07. The Labute approximate surface area is 122 Å². The summed E-state index contributed by atoms with van der Waals surface area (Å²) in [5, 5.41) is 9.40. The van der Waals surface area contributed by atoms with Crippen molar-refractivity contribution in [2.75, 3.05) is 14.1 Å². The molecule has 104 valence electrons. The smallest absolute Gasteiger partial charge is 0.157 e. The summed E-state index contributed by atoms with van der Waals surface area (Å²) in [5.74, 6) is 0.768. The lowest BCUT2D eigenvalue weighted by Crippen LogP contribution is -2.07. The molecule has 0 amide bonds. The zero-order chi connectivity index (χ0) is 15.0. The molecule has 0 spiro atoms. The van der Waals surface area contributed by atoms with Gasteiger partial charge in [0.1, 0.15) is 11.9 Å². The van der Waals surface area contributed by atoms with Crippen molar-refractivity contribution < 1.29 is 0 Å². The molecule has 0 aliphatic carbocycles. The summed E-state index contributed by atoms with van der Waals surface area (Å²) in [7, 11) is 3.84. The largest absolute Gasteiger partial charge is 0.369 e. The van der Waals surface area contributed by atoms with Gasteiger partial charge in [0.15, 0.2) is 5.65 Å². The number of aliphatic imine (C=N–C) groups is 1. The monoisotopic (exact) mass is 277 g/mol. The van der Waals surface area contributed by atoms with E-state index in [4.69, 9.17) is 0 Å². The molecule has 1 aromatic carbocycles. The number of benzene rings is 1. The Morgan fingerprint density at radius 2 is 2.10 bits per heavy atom. The van der Waals surface area contributed by atoms with E-state index in [0.717, 1.165) is 22.4 Å². The molecule has 0 atom stereocenters. The van der Waals surface area contributed by atoms with E-state index >= 15 is 0 Å². The third-order valence-electron chi connectivity index (χ3n) is 3.29. The van der Waals surface area contributed by atoms with Crippen molar-refractivity contribution in [2.24, 2.45) is 4.99 Å². The number of rotatable bonds is 2. The molecule has 0 N–H and O–H groups in total. The minimum Gasteiger partial charge on any atom is -0.369 e. The van der Waals surface area contributed by atoms with Gasteiger partial charge in [0, 0.05) is 14.1 Å². The Morgan fingerprint density at radius 3 is 2.81 bits per heavy atom. The van der Waals surface area contributed by atoms with Gasteiger partial charge in [0.25, 0.3) is 0 Å². The van der Waals surface area contributed by atoms with Crippen LogP contribution in [0.15, 0.2) is 35.3 Å². The van der Waals surface area contributed by atoms with E-state index < -0.39 is 0 Å². The maximum absolute atomic E-state index is 9.40. The average molecular weight is 277 g/mol. The molecule has 0 fully saturated rings. The number of aryl methyl sites for hydroxylation is 1. The molecule has 0 saturated carbocycles. The van der Waals surface area contributed by atoms with Crippen LogP contribution >= 0.6 is 0 Å². The fourth-order valence-corrected chi connectivity index (χ4v) is 2.34. The highest BCUT2D eigenvalue weighted by atomic mass is 15.1. The van der Waals surface area contributed by atoms with Crippen LogP contribution in [0.2, 0.25) is 0 Å². The summed E-state index contributed by atoms with van der Waals surface area (Å²) in [6.45, 7) is 1.91. The fraction of sp³-hybridized carbons (Fsp3) is 0.188. The van der Waals surface area contributed by atoms with E-state index in [1.54, 1.807) is 6.34 Å². The minimum absolute atomic E-state index is 0.593. The predicted molar refractivity (Wildman–Crippen MR) is 84.0 cm³/mol. The van der Waals surface area contributed by atoms with Gasteiger partial charge in [-0.15, -0.1) is 0 Å². The van der Waals surface area contributed by atoms with Crippen LogP contribution in [0.25, 0.3) is 16.7 Å². The van der Waals surface area contributed by atoms with Crippen molar-refractivity contribution in [3.63, 3.8) is 0 Å². The van der Waals surface area contributed by atoms with Gasteiger partial charge < -0.3 is 4.90 Å². The number of para-hydroxylation sites is 2. The first-order valence-electron chi connectivity index (χ1n) is 6.63. The highest BCUT2D eigenvalue weighted by Crippen LogP contribution is 2.27. The SMILES string of the molecule is Cc1cc(/N=C/N(C)C)n2c(nc3ccccc32)c1C#N. The molecular weight excluding hydrogens is 262 g/mol. The second-order valence-electron chi connectivity index (χ2n) is 5.14. The normalized spacial score (nSPS) is 11.3. The van der Waals surface area contributed by atoms with Crippen LogP contribution in [0.5, 0.6) is 0 Å². The molecule has 2 heterocycles. The van der Waals surface area contributed by atoms with Crippen LogP contribution in [0.4, 0.5) is 5.82 Å². The molecule has 0 aliphatic heterocycles. The molecule has 0 unspecified atom stereocenters. The average Bonchev–Trinajstić information content (AvgIpc) is 2.84. The lowest BCUT2D eigenvalue weighted by Gasteiger charge is -2.07. The van der Waals surface area contributed by atoms with Crippen LogP contribution in [-0.2, 0) is 0 Å². The van der Waals surface area contributed by atoms with Crippen molar-refractivity contribution in [1.82, 2.24) is 14.3 Å². The maximum Gasteiger partial charge on any atom is 0.157 e. The lowest BCUT2D eigenvalue weighted by molar-refractivity contribution is 0.643. The molecule has 5 nitrogen and oxygen atoms in total. The van der Waals surface area contributed by atoms with Gasteiger partial charge >= 0.3 is 0 Å². The van der Waals surface area contributed by atoms with E-state index in [-0.39, 0.29) is 0 Å². The second-order valence-corrected chi connectivity index (χ2v) is 5.14. The first-order chi connectivity index (χ1) is 10.1. The fourth-order valence-electron chi connectivity index (χ4n) is 2.34. The zero-order valence-electron chi connectivity index (χ0n) is 12.2. The van der Waals surface area contributed by atoms with Gasteiger partial charge in [-0.2, -0.15) is 5.26 Å². The standard InChI is InChI=1S/C16H15N5/c1-11-8-15(18-10-20(2)3)21-14-7-5-4-6-13(14)19-16(21)12(11)9-17/h4-8,10H,1-3H3/b18-10+. The van der Waals surface area contributed by atoms with E-state index in [1.165, 1.54) is 0 Å². The van der Waals surface area contributed by atoms with Gasteiger partial charge in [-0.3, -0.25) is 4.40 Å². The molecule has 2 aromatic heterocycles. The molecule has 5 heteroatoms. The number of aromatic nitrogens is 2. The third kappa shape index (κ3) is 2.11. The number of imidazole rings is 1.